The first-order valence-corrected chi connectivity index (χ1v) is 6.09. The maximum absolute atomic E-state index is 4.61. The molecule has 84 valence electrons. The number of fused-ring (bicyclic) bond motifs is 1. The third-order valence-electron chi connectivity index (χ3n) is 2.69. The van der Waals surface area contributed by atoms with Crippen LogP contribution in [-0.2, 0) is 0 Å². The fraction of sp³-hybridized carbons (Fsp3) is 0.0769. The Bertz CT molecular complexity index is 688. The van der Waals surface area contributed by atoms with Crippen LogP contribution in [0.4, 0.5) is 0 Å². The first-order chi connectivity index (χ1) is 8.24. The summed E-state index contributed by atoms with van der Waals surface area (Å²) in [6, 6.07) is 8.12. The quantitative estimate of drug-likeness (QED) is 0.742. The zero-order chi connectivity index (χ0) is 11.8. The highest BCUT2D eigenvalue weighted by molar-refractivity contribution is 9.10. The van der Waals surface area contributed by atoms with Crippen molar-refractivity contribution < 1.29 is 0 Å². The summed E-state index contributed by atoms with van der Waals surface area (Å²) in [5, 5.41) is 0. The number of nitrogens with one attached hydrogen (secondary N) is 1. The first kappa shape index (κ1) is 10.5. The van der Waals surface area contributed by atoms with Gasteiger partial charge in [0.15, 0.2) is 0 Å². The van der Waals surface area contributed by atoms with Gasteiger partial charge in [-0.2, -0.15) is 0 Å². The van der Waals surface area contributed by atoms with Gasteiger partial charge in [-0.05, 0) is 40.5 Å². The molecule has 0 spiro atoms. The van der Waals surface area contributed by atoms with E-state index in [-0.39, 0.29) is 0 Å². The van der Waals surface area contributed by atoms with Crippen LogP contribution >= 0.6 is 15.9 Å². The maximum Gasteiger partial charge on any atom is 0.140 e. The number of aryl methyl sites for hydroxylation is 1. The summed E-state index contributed by atoms with van der Waals surface area (Å²) in [6.07, 6.45) is 3.56. The second kappa shape index (κ2) is 3.96. The van der Waals surface area contributed by atoms with E-state index in [0.29, 0.717) is 0 Å². The number of para-hydroxylation sites is 1. The molecule has 2 heterocycles. The number of aromatic amines is 1. The molecule has 0 bridgehead atoms. The number of nitrogens with zero attached hydrogens (tertiary/aromatic N) is 2. The predicted molar refractivity (Wildman–Crippen MR) is 71.8 cm³/mol. The highest BCUT2D eigenvalue weighted by Gasteiger charge is 2.07. The van der Waals surface area contributed by atoms with Crippen molar-refractivity contribution in [3.05, 3.63) is 46.7 Å². The Morgan fingerprint density at radius 3 is 2.88 bits per heavy atom. The largest absolute Gasteiger partial charge is 0.338 e. The molecule has 3 rings (SSSR count). The average molecular weight is 288 g/mol. The number of H-pyrrole nitrogens is 1. The van der Waals surface area contributed by atoms with Gasteiger partial charge < -0.3 is 4.98 Å². The van der Waals surface area contributed by atoms with Crippen LogP contribution in [0.1, 0.15) is 5.56 Å². The van der Waals surface area contributed by atoms with Crippen molar-refractivity contribution in [1.82, 2.24) is 15.0 Å². The van der Waals surface area contributed by atoms with E-state index in [1.807, 2.05) is 18.2 Å². The van der Waals surface area contributed by atoms with Crippen LogP contribution in [0.5, 0.6) is 0 Å². The van der Waals surface area contributed by atoms with Gasteiger partial charge in [-0.3, -0.25) is 4.98 Å². The summed E-state index contributed by atoms with van der Waals surface area (Å²) in [6.45, 7) is 2.06. The standard InChI is InChI=1S/C13H10BrN3/c1-8-3-2-4-11-12(8)17-13(16-11)9-5-10(14)7-15-6-9/h2-7H,1H3,(H,16,17). The molecule has 1 aromatic carbocycles. The maximum atomic E-state index is 4.61. The van der Waals surface area contributed by atoms with Gasteiger partial charge in [0.1, 0.15) is 5.82 Å². The fourth-order valence-electron chi connectivity index (χ4n) is 1.85. The fourth-order valence-corrected chi connectivity index (χ4v) is 2.22. The van der Waals surface area contributed by atoms with Crippen LogP contribution in [0, 0.1) is 6.92 Å². The van der Waals surface area contributed by atoms with Gasteiger partial charge in [0.2, 0.25) is 0 Å². The van der Waals surface area contributed by atoms with E-state index in [1.54, 1.807) is 12.4 Å². The summed E-state index contributed by atoms with van der Waals surface area (Å²) in [7, 11) is 0. The zero-order valence-corrected chi connectivity index (χ0v) is 10.8. The Hall–Kier alpha value is -1.68. The molecule has 0 aliphatic carbocycles. The number of pyridine rings is 1. The number of benzene rings is 1. The van der Waals surface area contributed by atoms with Crippen LogP contribution < -0.4 is 0 Å². The predicted octanol–water partition coefficient (Wildman–Crippen LogP) is 3.70. The van der Waals surface area contributed by atoms with E-state index in [1.165, 1.54) is 5.56 Å². The van der Waals surface area contributed by atoms with Crippen molar-refractivity contribution in [3.8, 4) is 11.4 Å². The molecule has 0 unspecified atom stereocenters. The number of hydrogen-bond donors (Lipinski definition) is 1. The Kier molecular flexibility index (Phi) is 2.44. The van der Waals surface area contributed by atoms with Crippen LogP contribution in [0.2, 0.25) is 0 Å². The Labute approximate surface area is 107 Å². The van der Waals surface area contributed by atoms with Crippen molar-refractivity contribution in [1.29, 1.82) is 0 Å². The molecular weight excluding hydrogens is 278 g/mol. The van der Waals surface area contributed by atoms with Gasteiger partial charge in [-0.15, -0.1) is 0 Å². The van der Waals surface area contributed by atoms with E-state index >= 15 is 0 Å². The van der Waals surface area contributed by atoms with Gasteiger partial charge in [-0.1, -0.05) is 12.1 Å². The minimum atomic E-state index is 0.850. The molecule has 0 amide bonds. The minimum absolute atomic E-state index is 0.850. The molecular formula is C13H10BrN3. The molecule has 2 aromatic heterocycles. The highest BCUT2D eigenvalue weighted by Crippen LogP contribution is 2.23. The number of halogens is 1. The molecule has 0 saturated heterocycles. The van der Waals surface area contributed by atoms with Crippen LogP contribution in [0.15, 0.2) is 41.1 Å². The Balaban J connectivity index is 2.22. The Morgan fingerprint density at radius 2 is 2.12 bits per heavy atom. The molecule has 1 N–H and O–H groups in total. The molecule has 0 atom stereocenters. The number of hydrogen-bond acceptors (Lipinski definition) is 2. The van der Waals surface area contributed by atoms with E-state index in [2.05, 4.69) is 43.9 Å². The molecule has 0 radical (unpaired) electrons. The lowest BCUT2D eigenvalue weighted by atomic mass is 10.2. The van der Waals surface area contributed by atoms with Crippen molar-refractivity contribution in [3.63, 3.8) is 0 Å². The lowest BCUT2D eigenvalue weighted by Gasteiger charge is -1.95. The van der Waals surface area contributed by atoms with E-state index in [4.69, 9.17) is 0 Å². The summed E-state index contributed by atoms with van der Waals surface area (Å²) < 4.78 is 0.951. The van der Waals surface area contributed by atoms with E-state index in [0.717, 1.165) is 26.9 Å². The number of rotatable bonds is 1. The second-order valence-corrected chi connectivity index (χ2v) is 4.86. The van der Waals surface area contributed by atoms with Crippen LogP contribution in [0.3, 0.4) is 0 Å². The molecule has 0 fully saturated rings. The van der Waals surface area contributed by atoms with Gasteiger partial charge >= 0.3 is 0 Å². The molecule has 17 heavy (non-hydrogen) atoms. The van der Waals surface area contributed by atoms with Crippen molar-refractivity contribution in [2.45, 2.75) is 6.92 Å². The lowest BCUT2D eigenvalue weighted by molar-refractivity contribution is 1.26. The molecule has 0 aliphatic heterocycles. The van der Waals surface area contributed by atoms with Gasteiger partial charge in [0.05, 0.1) is 11.0 Å². The highest BCUT2D eigenvalue weighted by atomic mass is 79.9. The Morgan fingerprint density at radius 1 is 1.24 bits per heavy atom. The third-order valence-corrected chi connectivity index (χ3v) is 3.13. The molecule has 0 aliphatic rings. The van der Waals surface area contributed by atoms with Gasteiger partial charge in [0.25, 0.3) is 0 Å². The number of aromatic nitrogens is 3. The summed E-state index contributed by atoms with van der Waals surface area (Å²) in [4.78, 5) is 12.1. The van der Waals surface area contributed by atoms with E-state index < -0.39 is 0 Å². The molecule has 0 saturated carbocycles. The van der Waals surface area contributed by atoms with Crippen LogP contribution in [-0.4, -0.2) is 15.0 Å². The SMILES string of the molecule is Cc1cccc2[nH]c(-c3cncc(Br)c3)nc12. The monoisotopic (exact) mass is 287 g/mol. The third kappa shape index (κ3) is 1.85. The van der Waals surface area contributed by atoms with Gasteiger partial charge in [-0.25, -0.2) is 4.98 Å². The lowest BCUT2D eigenvalue weighted by Crippen LogP contribution is -1.82. The van der Waals surface area contributed by atoms with Crippen molar-refractivity contribution in [2.75, 3.05) is 0 Å². The van der Waals surface area contributed by atoms with E-state index in [9.17, 15) is 0 Å². The van der Waals surface area contributed by atoms with Crippen molar-refractivity contribution >= 4 is 27.0 Å². The topological polar surface area (TPSA) is 41.6 Å². The summed E-state index contributed by atoms with van der Waals surface area (Å²) in [5.74, 6) is 0.850. The summed E-state index contributed by atoms with van der Waals surface area (Å²) >= 11 is 3.41. The first-order valence-electron chi connectivity index (χ1n) is 5.30. The molecule has 3 nitrogen and oxygen atoms in total. The van der Waals surface area contributed by atoms with Gasteiger partial charge in [0, 0.05) is 22.4 Å². The van der Waals surface area contributed by atoms with Crippen LogP contribution in [0.25, 0.3) is 22.4 Å². The smallest absolute Gasteiger partial charge is 0.140 e. The summed E-state index contributed by atoms with van der Waals surface area (Å²) in [5.41, 5.74) is 4.23. The molecule has 3 aromatic rings. The minimum Gasteiger partial charge on any atom is -0.338 e. The second-order valence-electron chi connectivity index (χ2n) is 3.95. The average Bonchev–Trinajstić information content (AvgIpc) is 2.74. The van der Waals surface area contributed by atoms with Crippen molar-refractivity contribution in [2.24, 2.45) is 0 Å². The normalized spacial score (nSPS) is 10.9. The number of imidazole rings is 1. The molecule has 4 heteroatoms. The zero-order valence-electron chi connectivity index (χ0n) is 9.24.